The quantitative estimate of drug-likeness (QED) is 0.662. The molecule has 0 spiro atoms. The van der Waals surface area contributed by atoms with Crippen molar-refractivity contribution in [3.8, 4) is 0 Å². The van der Waals surface area contributed by atoms with Crippen molar-refractivity contribution in [3.05, 3.63) is 57.3 Å². The van der Waals surface area contributed by atoms with Crippen molar-refractivity contribution in [3.63, 3.8) is 0 Å². The molecular weight excluding hydrogens is 391 g/mol. The molecule has 0 unspecified atom stereocenters. The van der Waals surface area contributed by atoms with Gasteiger partial charge in [-0.15, -0.1) is 11.3 Å². The Morgan fingerprint density at radius 2 is 2.00 bits per heavy atom. The summed E-state index contributed by atoms with van der Waals surface area (Å²) < 4.78 is 1.96. The summed E-state index contributed by atoms with van der Waals surface area (Å²) in [7, 11) is 0. The van der Waals surface area contributed by atoms with Gasteiger partial charge in [0.05, 0.1) is 22.2 Å². The first-order valence-corrected chi connectivity index (χ1v) is 10.1. The third-order valence-corrected chi connectivity index (χ3v) is 6.25. The number of halogens is 2. The maximum Gasteiger partial charge on any atom is 0.228 e. The van der Waals surface area contributed by atoms with Crippen LogP contribution in [0.25, 0.3) is 4.96 Å². The maximum absolute atomic E-state index is 12.6. The van der Waals surface area contributed by atoms with Gasteiger partial charge in [0.15, 0.2) is 4.96 Å². The van der Waals surface area contributed by atoms with Gasteiger partial charge < -0.3 is 4.90 Å². The number of hydrogen-bond acceptors (Lipinski definition) is 4. The van der Waals surface area contributed by atoms with Gasteiger partial charge in [-0.2, -0.15) is 0 Å². The number of fused-ring (bicyclic) bond motifs is 1. The summed E-state index contributed by atoms with van der Waals surface area (Å²) in [5.74, 6) is 0.135. The van der Waals surface area contributed by atoms with Gasteiger partial charge in [0.1, 0.15) is 0 Å². The van der Waals surface area contributed by atoms with Crippen LogP contribution in [0.1, 0.15) is 11.3 Å². The van der Waals surface area contributed by atoms with E-state index in [1.807, 2.05) is 39.2 Å². The molecule has 0 bridgehead atoms. The summed E-state index contributed by atoms with van der Waals surface area (Å²) in [5, 5.41) is 3.18. The second-order valence-electron chi connectivity index (χ2n) is 6.37. The van der Waals surface area contributed by atoms with Crippen molar-refractivity contribution in [1.29, 1.82) is 0 Å². The molecule has 1 fully saturated rings. The van der Waals surface area contributed by atoms with E-state index in [1.54, 1.807) is 17.4 Å². The van der Waals surface area contributed by atoms with E-state index < -0.39 is 0 Å². The summed E-state index contributed by atoms with van der Waals surface area (Å²) in [6, 6.07) is 5.71. The van der Waals surface area contributed by atoms with E-state index >= 15 is 0 Å². The van der Waals surface area contributed by atoms with Gasteiger partial charge in [-0.1, -0.05) is 35.3 Å². The Morgan fingerprint density at radius 1 is 1.19 bits per heavy atom. The fourth-order valence-corrected chi connectivity index (χ4v) is 4.29. The second kappa shape index (κ2) is 7.56. The Hall–Kier alpha value is -1.60. The molecule has 0 aliphatic carbocycles. The number of benzene rings is 1. The predicted octanol–water partition coefficient (Wildman–Crippen LogP) is 3.59. The van der Waals surface area contributed by atoms with Crippen LogP contribution in [0.3, 0.4) is 0 Å². The van der Waals surface area contributed by atoms with Gasteiger partial charge in [-0.3, -0.25) is 14.1 Å². The molecule has 0 atom stereocenters. The minimum Gasteiger partial charge on any atom is -0.340 e. The normalized spacial score (nSPS) is 15.7. The Bertz CT molecular complexity index is 902. The van der Waals surface area contributed by atoms with Gasteiger partial charge in [0, 0.05) is 50.5 Å². The molecule has 136 valence electrons. The molecule has 1 amide bonds. The molecule has 3 aromatic rings. The van der Waals surface area contributed by atoms with Crippen LogP contribution >= 0.6 is 34.5 Å². The Balaban J connectivity index is 1.32. The van der Waals surface area contributed by atoms with E-state index in [1.165, 1.54) is 0 Å². The van der Waals surface area contributed by atoms with Crippen molar-refractivity contribution in [2.24, 2.45) is 0 Å². The summed E-state index contributed by atoms with van der Waals surface area (Å²) in [6.07, 6.45) is 4.25. The van der Waals surface area contributed by atoms with Crippen molar-refractivity contribution in [1.82, 2.24) is 19.2 Å². The van der Waals surface area contributed by atoms with Crippen molar-refractivity contribution < 1.29 is 4.79 Å². The average Bonchev–Trinajstić information content (AvgIpc) is 3.21. The van der Waals surface area contributed by atoms with E-state index in [9.17, 15) is 4.79 Å². The highest BCUT2D eigenvalue weighted by atomic mass is 35.5. The van der Waals surface area contributed by atoms with Gasteiger partial charge in [0.25, 0.3) is 0 Å². The first kappa shape index (κ1) is 17.8. The van der Waals surface area contributed by atoms with Crippen LogP contribution in [-0.2, 0) is 17.8 Å². The molecule has 8 heteroatoms. The molecule has 2 aromatic heterocycles. The summed E-state index contributed by atoms with van der Waals surface area (Å²) in [6.45, 7) is 3.84. The lowest BCUT2D eigenvalue weighted by Gasteiger charge is -2.34. The van der Waals surface area contributed by atoms with E-state index in [4.69, 9.17) is 23.2 Å². The lowest BCUT2D eigenvalue weighted by molar-refractivity contribution is -0.132. The predicted molar refractivity (Wildman–Crippen MR) is 105 cm³/mol. The first-order chi connectivity index (χ1) is 12.6. The zero-order valence-electron chi connectivity index (χ0n) is 14.1. The molecule has 3 heterocycles. The molecule has 1 aliphatic rings. The van der Waals surface area contributed by atoms with Crippen LogP contribution < -0.4 is 0 Å². The molecule has 26 heavy (non-hydrogen) atoms. The smallest absolute Gasteiger partial charge is 0.228 e. The van der Waals surface area contributed by atoms with Crippen LogP contribution in [0, 0.1) is 0 Å². The molecule has 4 rings (SSSR count). The number of piperazine rings is 1. The van der Waals surface area contributed by atoms with E-state index in [2.05, 4.69) is 9.88 Å². The van der Waals surface area contributed by atoms with Crippen LogP contribution in [0.2, 0.25) is 10.0 Å². The minimum atomic E-state index is 0.135. The average molecular weight is 409 g/mol. The Labute approximate surface area is 165 Å². The Morgan fingerprint density at radius 3 is 2.77 bits per heavy atom. The number of rotatable bonds is 4. The standard InChI is InChI=1S/C18H18Cl2N4OS/c19-15-3-1-2-13(17(15)20)11-22-4-6-23(7-5-22)16(25)10-14-12-24-8-9-26-18(24)21-14/h1-3,8-9,12H,4-7,10-11H2. The fraction of sp³-hybridized carbons (Fsp3) is 0.333. The van der Waals surface area contributed by atoms with E-state index in [0.29, 0.717) is 16.5 Å². The second-order valence-corrected chi connectivity index (χ2v) is 8.03. The van der Waals surface area contributed by atoms with Gasteiger partial charge >= 0.3 is 0 Å². The van der Waals surface area contributed by atoms with Crippen LogP contribution in [-0.4, -0.2) is 51.3 Å². The molecular formula is C18H18Cl2N4OS. The largest absolute Gasteiger partial charge is 0.340 e. The highest BCUT2D eigenvalue weighted by molar-refractivity contribution is 7.15. The number of nitrogens with zero attached hydrogens (tertiary/aromatic N) is 4. The highest BCUT2D eigenvalue weighted by Gasteiger charge is 2.22. The number of aromatic nitrogens is 2. The third kappa shape index (κ3) is 3.74. The molecule has 0 radical (unpaired) electrons. The van der Waals surface area contributed by atoms with Crippen molar-refractivity contribution >= 4 is 45.4 Å². The number of hydrogen-bond donors (Lipinski definition) is 0. The topological polar surface area (TPSA) is 40.9 Å². The van der Waals surface area contributed by atoms with Crippen LogP contribution in [0.5, 0.6) is 0 Å². The number of imidazole rings is 1. The van der Waals surface area contributed by atoms with Gasteiger partial charge in [-0.25, -0.2) is 4.98 Å². The highest BCUT2D eigenvalue weighted by Crippen LogP contribution is 2.26. The van der Waals surface area contributed by atoms with E-state index in [0.717, 1.165) is 48.9 Å². The van der Waals surface area contributed by atoms with E-state index in [-0.39, 0.29) is 5.91 Å². The third-order valence-electron chi connectivity index (χ3n) is 4.63. The number of thiazole rings is 1. The molecule has 0 N–H and O–H groups in total. The molecule has 1 aliphatic heterocycles. The van der Waals surface area contributed by atoms with Crippen molar-refractivity contribution in [2.45, 2.75) is 13.0 Å². The zero-order chi connectivity index (χ0) is 18.1. The lowest BCUT2D eigenvalue weighted by Crippen LogP contribution is -2.48. The zero-order valence-corrected chi connectivity index (χ0v) is 16.4. The Kier molecular flexibility index (Phi) is 5.18. The van der Waals surface area contributed by atoms with Crippen molar-refractivity contribution in [2.75, 3.05) is 26.2 Å². The molecule has 0 saturated carbocycles. The molecule has 1 saturated heterocycles. The lowest BCUT2D eigenvalue weighted by atomic mass is 10.2. The molecule has 5 nitrogen and oxygen atoms in total. The summed E-state index contributed by atoms with van der Waals surface area (Å²) in [5.41, 5.74) is 1.85. The summed E-state index contributed by atoms with van der Waals surface area (Å²) >= 11 is 13.9. The van der Waals surface area contributed by atoms with Crippen LogP contribution in [0.15, 0.2) is 36.0 Å². The van der Waals surface area contributed by atoms with Gasteiger partial charge in [0.2, 0.25) is 5.91 Å². The number of amides is 1. The SMILES string of the molecule is O=C(Cc1cn2ccsc2n1)N1CCN(Cc2cccc(Cl)c2Cl)CC1. The maximum atomic E-state index is 12.6. The first-order valence-electron chi connectivity index (χ1n) is 8.44. The number of carbonyl (C=O) groups is 1. The molecule has 1 aromatic carbocycles. The van der Waals surface area contributed by atoms with Crippen LogP contribution in [0.4, 0.5) is 0 Å². The fourth-order valence-electron chi connectivity index (χ4n) is 3.19. The summed E-state index contributed by atoms with van der Waals surface area (Å²) in [4.78, 5) is 22.2. The monoisotopic (exact) mass is 408 g/mol. The van der Waals surface area contributed by atoms with Gasteiger partial charge in [-0.05, 0) is 11.6 Å². The number of carbonyl (C=O) groups excluding carboxylic acids is 1. The minimum absolute atomic E-state index is 0.135.